The Morgan fingerprint density at radius 3 is 2.72 bits per heavy atom. The third-order valence-electron chi connectivity index (χ3n) is 2.34. The van der Waals surface area contributed by atoms with Crippen molar-refractivity contribution < 1.29 is 23.4 Å². The van der Waals surface area contributed by atoms with Gasteiger partial charge in [-0.1, -0.05) is 18.2 Å². The molecular weight excluding hydrogens is 244 g/mol. The van der Waals surface area contributed by atoms with E-state index in [2.05, 4.69) is 4.74 Å². The van der Waals surface area contributed by atoms with Crippen molar-refractivity contribution in [3.8, 4) is 5.75 Å². The second kappa shape index (κ2) is 6.90. The highest BCUT2D eigenvalue weighted by molar-refractivity contribution is 5.66. The normalized spacial score (nSPS) is 10.9. The summed E-state index contributed by atoms with van der Waals surface area (Å²) in [4.78, 5) is 12.2. The number of hydrogen-bond acceptors (Lipinski definition) is 3. The summed E-state index contributed by atoms with van der Waals surface area (Å²) in [6.07, 6.45) is 0.00830. The minimum atomic E-state index is -2.87. The standard InChI is InChI=1S/C12H15F2NO3/c1-15(7-6-11(16)17)8-9-4-2-3-5-10(9)18-12(13)14/h2-5,12H,6-8H2,1H3,(H,16,17). The van der Waals surface area contributed by atoms with Gasteiger partial charge in [-0.2, -0.15) is 8.78 Å². The van der Waals surface area contributed by atoms with E-state index in [0.717, 1.165) is 0 Å². The maximum Gasteiger partial charge on any atom is 0.387 e. The quantitative estimate of drug-likeness (QED) is 0.815. The van der Waals surface area contributed by atoms with E-state index in [1.807, 2.05) is 0 Å². The molecule has 0 spiro atoms. The van der Waals surface area contributed by atoms with Crippen molar-refractivity contribution >= 4 is 5.97 Å². The van der Waals surface area contributed by atoms with Crippen molar-refractivity contribution in [3.63, 3.8) is 0 Å². The van der Waals surface area contributed by atoms with Crippen LogP contribution in [0, 0.1) is 0 Å². The van der Waals surface area contributed by atoms with Crippen molar-refractivity contribution in [2.24, 2.45) is 0 Å². The number of rotatable bonds is 7. The molecule has 0 aliphatic carbocycles. The Kier molecular flexibility index (Phi) is 5.51. The lowest BCUT2D eigenvalue weighted by Crippen LogP contribution is -2.21. The van der Waals surface area contributed by atoms with E-state index in [0.29, 0.717) is 18.7 Å². The molecule has 0 atom stereocenters. The second-order valence-electron chi connectivity index (χ2n) is 3.87. The summed E-state index contributed by atoms with van der Waals surface area (Å²) in [5.74, 6) is -0.770. The molecule has 0 heterocycles. The molecule has 1 aromatic rings. The fourth-order valence-corrected chi connectivity index (χ4v) is 1.50. The molecular formula is C12H15F2NO3. The fraction of sp³-hybridized carbons (Fsp3) is 0.417. The number of carboxylic acid groups (broad SMARTS) is 1. The molecule has 0 aliphatic heterocycles. The van der Waals surface area contributed by atoms with Crippen molar-refractivity contribution in [2.75, 3.05) is 13.6 Å². The van der Waals surface area contributed by atoms with Crippen LogP contribution in [0.2, 0.25) is 0 Å². The fourth-order valence-electron chi connectivity index (χ4n) is 1.50. The van der Waals surface area contributed by atoms with Crippen LogP contribution < -0.4 is 4.74 Å². The molecule has 0 fully saturated rings. The van der Waals surface area contributed by atoms with E-state index in [1.54, 1.807) is 30.1 Å². The highest BCUT2D eigenvalue weighted by atomic mass is 19.3. The minimum Gasteiger partial charge on any atom is -0.481 e. The maximum absolute atomic E-state index is 12.2. The summed E-state index contributed by atoms with van der Waals surface area (Å²) in [7, 11) is 1.72. The molecule has 0 radical (unpaired) electrons. The lowest BCUT2D eigenvalue weighted by molar-refractivity contribution is -0.137. The molecule has 0 aromatic heterocycles. The lowest BCUT2D eigenvalue weighted by Gasteiger charge is -2.17. The van der Waals surface area contributed by atoms with Gasteiger partial charge in [0.1, 0.15) is 5.75 Å². The molecule has 1 N–H and O–H groups in total. The number of para-hydroxylation sites is 1. The number of carboxylic acids is 1. The molecule has 1 aromatic carbocycles. The number of nitrogens with zero attached hydrogens (tertiary/aromatic N) is 1. The summed E-state index contributed by atoms with van der Waals surface area (Å²) in [6.45, 7) is -2.16. The maximum atomic E-state index is 12.2. The Labute approximate surface area is 104 Å². The van der Waals surface area contributed by atoms with Gasteiger partial charge in [-0.25, -0.2) is 0 Å². The van der Waals surface area contributed by atoms with Crippen LogP contribution in [0.5, 0.6) is 5.75 Å². The van der Waals surface area contributed by atoms with Gasteiger partial charge in [-0.15, -0.1) is 0 Å². The molecule has 6 heteroatoms. The molecule has 0 saturated carbocycles. The average Bonchev–Trinajstić information content (AvgIpc) is 2.28. The van der Waals surface area contributed by atoms with Crippen LogP contribution in [-0.2, 0) is 11.3 Å². The minimum absolute atomic E-state index is 0.00830. The number of alkyl halides is 2. The van der Waals surface area contributed by atoms with E-state index < -0.39 is 12.6 Å². The predicted molar refractivity (Wildman–Crippen MR) is 61.7 cm³/mol. The number of ether oxygens (including phenoxy) is 1. The zero-order valence-electron chi connectivity index (χ0n) is 9.97. The molecule has 0 saturated heterocycles. The van der Waals surface area contributed by atoms with E-state index in [1.165, 1.54) is 6.07 Å². The summed E-state index contributed by atoms with van der Waals surface area (Å²) >= 11 is 0. The molecule has 0 aliphatic rings. The molecule has 18 heavy (non-hydrogen) atoms. The predicted octanol–water partition coefficient (Wildman–Crippen LogP) is 2.19. The van der Waals surface area contributed by atoms with Crippen LogP contribution in [-0.4, -0.2) is 36.2 Å². The molecule has 0 amide bonds. The first-order valence-corrected chi connectivity index (χ1v) is 5.42. The molecule has 1 rings (SSSR count). The summed E-state index contributed by atoms with van der Waals surface area (Å²) < 4.78 is 28.8. The number of aliphatic carboxylic acids is 1. The van der Waals surface area contributed by atoms with Gasteiger partial charge >= 0.3 is 12.6 Å². The third kappa shape index (κ3) is 5.09. The number of halogens is 2. The highest BCUT2D eigenvalue weighted by Crippen LogP contribution is 2.21. The van der Waals surface area contributed by atoms with Crippen LogP contribution in [0.1, 0.15) is 12.0 Å². The molecule has 4 nitrogen and oxygen atoms in total. The summed E-state index contributed by atoms with van der Waals surface area (Å²) in [5.41, 5.74) is 0.602. The summed E-state index contributed by atoms with van der Waals surface area (Å²) in [5, 5.41) is 8.55. The molecule has 100 valence electrons. The van der Waals surface area contributed by atoms with E-state index in [4.69, 9.17) is 5.11 Å². The Balaban J connectivity index is 2.62. The van der Waals surface area contributed by atoms with Crippen molar-refractivity contribution in [1.29, 1.82) is 0 Å². The summed E-state index contributed by atoms with van der Waals surface area (Å²) in [6, 6.07) is 6.47. The Hall–Kier alpha value is -1.69. The smallest absolute Gasteiger partial charge is 0.387 e. The van der Waals surface area contributed by atoms with Crippen molar-refractivity contribution in [2.45, 2.75) is 19.6 Å². The molecule has 0 unspecified atom stereocenters. The van der Waals surface area contributed by atoms with Crippen LogP contribution in [0.15, 0.2) is 24.3 Å². The van der Waals surface area contributed by atoms with Gasteiger partial charge in [-0.05, 0) is 13.1 Å². The van der Waals surface area contributed by atoms with Gasteiger partial charge in [0.2, 0.25) is 0 Å². The Morgan fingerprint density at radius 1 is 1.44 bits per heavy atom. The van der Waals surface area contributed by atoms with Gasteiger partial charge in [-0.3, -0.25) is 4.79 Å². The molecule has 0 bridgehead atoms. The third-order valence-corrected chi connectivity index (χ3v) is 2.34. The number of benzene rings is 1. The van der Waals surface area contributed by atoms with Crippen molar-refractivity contribution in [1.82, 2.24) is 4.90 Å². The SMILES string of the molecule is CN(CCC(=O)O)Cc1ccccc1OC(F)F. The van der Waals surface area contributed by atoms with Gasteiger partial charge in [0, 0.05) is 18.7 Å². The zero-order valence-corrected chi connectivity index (χ0v) is 9.97. The van der Waals surface area contributed by atoms with E-state index in [-0.39, 0.29) is 12.2 Å². The Morgan fingerprint density at radius 2 is 2.11 bits per heavy atom. The monoisotopic (exact) mass is 259 g/mol. The van der Waals surface area contributed by atoms with Gasteiger partial charge in [0.15, 0.2) is 0 Å². The van der Waals surface area contributed by atoms with E-state index >= 15 is 0 Å². The second-order valence-corrected chi connectivity index (χ2v) is 3.87. The first-order valence-electron chi connectivity index (χ1n) is 5.42. The highest BCUT2D eigenvalue weighted by Gasteiger charge is 2.11. The van der Waals surface area contributed by atoms with Crippen LogP contribution in [0.3, 0.4) is 0 Å². The van der Waals surface area contributed by atoms with E-state index in [9.17, 15) is 13.6 Å². The average molecular weight is 259 g/mol. The first kappa shape index (κ1) is 14.4. The lowest BCUT2D eigenvalue weighted by atomic mass is 10.2. The van der Waals surface area contributed by atoms with Gasteiger partial charge in [0.05, 0.1) is 6.42 Å². The van der Waals surface area contributed by atoms with Gasteiger partial charge < -0.3 is 14.7 Å². The number of carbonyl (C=O) groups is 1. The first-order chi connectivity index (χ1) is 8.49. The Bertz CT molecular complexity index is 399. The van der Waals surface area contributed by atoms with Crippen LogP contribution >= 0.6 is 0 Å². The van der Waals surface area contributed by atoms with Gasteiger partial charge in [0.25, 0.3) is 0 Å². The van der Waals surface area contributed by atoms with Crippen molar-refractivity contribution in [3.05, 3.63) is 29.8 Å². The topological polar surface area (TPSA) is 49.8 Å². The zero-order chi connectivity index (χ0) is 13.5. The van der Waals surface area contributed by atoms with Crippen LogP contribution in [0.4, 0.5) is 8.78 Å². The van der Waals surface area contributed by atoms with Crippen LogP contribution in [0.25, 0.3) is 0 Å². The largest absolute Gasteiger partial charge is 0.481 e. The number of hydrogen-bond donors (Lipinski definition) is 1.